The SMILES string of the molecule is O=C(SCc1ccco1)c1cc2cc(Br)c(Br)cc2oc1=O. The van der Waals surface area contributed by atoms with Gasteiger partial charge in [0.2, 0.25) is 5.12 Å². The highest BCUT2D eigenvalue weighted by atomic mass is 79.9. The molecule has 3 aromatic rings. The maximum Gasteiger partial charge on any atom is 0.348 e. The summed E-state index contributed by atoms with van der Waals surface area (Å²) in [4.78, 5) is 24.2. The highest BCUT2D eigenvalue weighted by Crippen LogP contribution is 2.29. The first-order valence-corrected chi connectivity index (χ1v) is 8.74. The molecule has 0 aliphatic carbocycles. The van der Waals surface area contributed by atoms with E-state index in [9.17, 15) is 9.59 Å². The zero-order chi connectivity index (χ0) is 15.7. The van der Waals surface area contributed by atoms with Crippen molar-refractivity contribution in [1.29, 1.82) is 0 Å². The van der Waals surface area contributed by atoms with E-state index in [0.717, 1.165) is 20.7 Å². The summed E-state index contributed by atoms with van der Waals surface area (Å²) in [6.45, 7) is 0. The fourth-order valence-corrected chi connectivity index (χ4v) is 3.28. The van der Waals surface area contributed by atoms with Gasteiger partial charge < -0.3 is 8.83 Å². The number of fused-ring (bicyclic) bond motifs is 1. The second-order valence-electron chi connectivity index (χ2n) is 4.41. The number of carbonyl (C=O) groups is 1. The van der Waals surface area contributed by atoms with Gasteiger partial charge in [-0.2, -0.15) is 0 Å². The number of benzene rings is 1. The molecule has 1 aromatic carbocycles. The summed E-state index contributed by atoms with van der Waals surface area (Å²) in [6, 6.07) is 8.55. The zero-order valence-electron chi connectivity index (χ0n) is 11.0. The average molecular weight is 444 g/mol. The molecule has 0 saturated heterocycles. The lowest BCUT2D eigenvalue weighted by Gasteiger charge is -2.03. The molecular weight excluding hydrogens is 436 g/mol. The molecule has 0 N–H and O–H groups in total. The number of carbonyl (C=O) groups excluding carboxylic acids is 1. The fraction of sp³-hybridized carbons (Fsp3) is 0.0667. The molecule has 7 heteroatoms. The molecule has 0 aliphatic rings. The van der Waals surface area contributed by atoms with Crippen LogP contribution in [0.1, 0.15) is 16.1 Å². The Morgan fingerprint density at radius 1 is 1.18 bits per heavy atom. The number of rotatable bonds is 3. The van der Waals surface area contributed by atoms with Crippen molar-refractivity contribution in [2.24, 2.45) is 0 Å². The quantitative estimate of drug-likeness (QED) is 0.534. The van der Waals surface area contributed by atoms with Gasteiger partial charge >= 0.3 is 5.63 Å². The van der Waals surface area contributed by atoms with E-state index in [4.69, 9.17) is 8.83 Å². The molecule has 3 rings (SSSR count). The molecular formula is C15H8Br2O4S. The molecule has 0 fully saturated rings. The molecule has 0 spiro atoms. The molecule has 0 bridgehead atoms. The zero-order valence-corrected chi connectivity index (χ0v) is 15.0. The Morgan fingerprint density at radius 3 is 2.68 bits per heavy atom. The smallest absolute Gasteiger partial charge is 0.348 e. The molecule has 0 unspecified atom stereocenters. The van der Waals surface area contributed by atoms with Crippen molar-refractivity contribution >= 4 is 59.7 Å². The second-order valence-corrected chi connectivity index (χ2v) is 7.06. The van der Waals surface area contributed by atoms with Crippen LogP contribution >= 0.6 is 43.6 Å². The molecule has 2 heterocycles. The number of furan rings is 1. The van der Waals surface area contributed by atoms with Crippen molar-refractivity contribution in [1.82, 2.24) is 0 Å². The Morgan fingerprint density at radius 2 is 1.95 bits per heavy atom. The van der Waals surface area contributed by atoms with Crippen molar-refractivity contribution < 1.29 is 13.6 Å². The largest absolute Gasteiger partial charge is 0.468 e. The van der Waals surface area contributed by atoms with Gasteiger partial charge in [0.15, 0.2) is 0 Å². The van der Waals surface area contributed by atoms with Crippen LogP contribution in [0.5, 0.6) is 0 Å². The summed E-state index contributed by atoms with van der Waals surface area (Å²) in [5, 5.41) is 0.336. The summed E-state index contributed by atoms with van der Waals surface area (Å²) >= 11 is 7.73. The molecule has 2 aromatic heterocycles. The van der Waals surface area contributed by atoms with Gasteiger partial charge in [-0.3, -0.25) is 4.79 Å². The number of thioether (sulfide) groups is 1. The standard InChI is InChI=1S/C15H8Br2O4S/c16-11-5-8-4-10(14(18)21-13(8)6-12(11)17)15(19)22-7-9-2-1-3-20-9/h1-6H,7H2. The van der Waals surface area contributed by atoms with Gasteiger partial charge in [-0.15, -0.1) is 0 Å². The summed E-state index contributed by atoms with van der Waals surface area (Å²) in [6.07, 6.45) is 1.54. The van der Waals surface area contributed by atoms with Crippen LogP contribution in [0, 0.1) is 0 Å². The van der Waals surface area contributed by atoms with E-state index in [1.54, 1.807) is 36.6 Å². The molecule has 0 radical (unpaired) electrons. The Kier molecular flexibility index (Phi) is 4.56. The summed E-state index contributed by atoms with van der Waals surface area (Å²) in [7, 11) is 0. The van der Waals surface area contributed by atoms with E-state index >= 15 is 0 Å². The topological polar surface area (TPSA) is 60.4 Å². The van der Waals surface area contributed by atoms with Crippen LogP contribution in [-0.2, 0) is 5.75 Å². The first kappa shape index (κ1) is 15.6. The molecule has 0 atom stereocenters. The van der Waals surface area contributed by atoms with Crippen molar-refractivity contribution in [2.75, 3.05) is 0 Å². The lowest BCUT2D eigenvalue weighted by Crippen LogP contribution is -2.11. The normalized spacial score (nSPS) is 11.0. The first-order chi connectivity index (χ1) is 10.5. The van der Waals surface area contributed by atoms with Crippen LogP contribution in [0.3, 0.4) is 0 Å². The lowest BCUT2D eigenvalue weighted by molar-refractivity contribution is 0.108. The second kappa shape index (κ2) is 6.44. The fourth-order valence-electron chi connectivity index (χ4n) is 1.87. The Labute approximate surface area is 146 Å². The monoisotopic (exact) mass is 442 g/mol. The van der Waals surface area contributed by atoms with E-state index < -0.39 is 5.63 Å². The van der Waals surface area contributed by atoms with Crippen LogP contribution in [0.2, 0.25) is 0 Å². The van der Waals surface area contributed by atoms with E-state index in [1.807, 2.05) is 0 Å². The number of hydrogen-bond acceptors (Lipinski definition) is 5. The predicted octanol–water partition coefficient (Wildman–Crippen LogP) is 4.98. The van der Waals surface area contributed by atoms with Gasteiger partial charge in [0.05, 0.1) is 12.0 Å². The van der Waals surface area contributed by atoms with Gasteiger partial charge in [0, 0.05) is 14.3 Å². The van der Waals surface area contributed by atoms with Gasteiger partial charge in [0.25, 0.3) is 0 Å². The van der Waals surface area contributed by atoms with Gasteiger partial charge in [0.1, 0.15) is 16.9 Å². The van der Waals surface area contributed by atoms with Crippen LogP contribution < -0.4 is 5.63 Å². The van der Waals surface area contributed by atoms with Crippen LogP contribution in [0.15, 0.2) is 59.2 Å². The third kappa shape index (κ3) is 3.21. The summed E-state index contributed by atoms with van der Waals surface area (Å²) < 4.78 is 12.0. The maximum atomic E-state index is 12.2. The van der Waals surface area contributed by atoms with Crippen molar-refractivity contribution in [2.45, 2.75) is 5.75 Å². The van der Waals surface area contributed by atoms with Crippen molar-refractivity contribution in [3.8, 4) is 0 Å². The van der Waals surface area contributed by atoms with Gasteiger partial charge in [-0.05, 0) is 62.2 Å². The molecule has 4 nitrogen and oxygen atoms in total. The molecule has 0 saturated carbocycles. The highest BCUT2D eigenvalue weighted by molar-refractivity contribution is 9.13. The predicted molar refractivity (Wildman–Crippen MR) is 92.2 cm³/mol. The third-order valence-electron chi connectivity index (χ3n) is 2.92. The van der Waals surface area contributed by atoms with E-state index in [2.05, 4.69) is 31.9 Å². The van der Waals surface area contributed by atoms with E-state index in [0.29, 0.717) is 22.5 Å². The van der Waals surface area contributed by atoms with Crippen LogP contribution in [-0.4, -0.2) is 5.12 Å². The number of hydrogen-bond donors (Lipinski definition) is 0. The highest BCUT2D eigenvalue weighted by Gasteiger charge is 2.16. The van der Waals surface area contributed by atoms with E-state index in [1.165, 1.54) is 0 Å². The van der Waals surface area contributed by atoms with Gasteiger partial charge in [-0.1, -0.05) is 11.8 Å². The Bertz CT molecular complexity index is 900. The molecule has 0 aliphatic heterocycles. The minimum atomic E-state index is -0.640. The summed E-state index contributed by atoms with van der Waals surface area (Å²) in [5.74, 6) is 1.04. The lowest BCUT2D eigenvalue weighted by atomic mass is 10.2. The Hall–Kier alpha value is -1.31. The Balaban J connectivity index is 1.92. The third-order valence-corrected chi connectivity index (χ3v) is 5.68. The minimum absolute atomic E-state index is 0.0262. The van der Waals surface area contributed by atoms with Gasteiger partial charge in [-0.25, -0.2) is 4.79 Å². The molecule has 112 valence electrons. The summed E-state index contributed by atoms with van der Waals surface area (Å²) in [5.41, 5.74) is -0.190. The van der Waals surface area contributed by atoms with Crippen LogP contribution in [0.4, 0.5) is 0 Å². The van der Waals surface area contributed by atoms with E-state index in [-0.39, 0.29) is 10.7 Å². The first-order valence-electron chi connectivity index (χ1n) is 6.17. The van der Waals surface area contributed by atoms with Crippen molar-refractivity contribution in [3.63, 3.8) is 0 Å². The maximum absolute atomic E-state index is 12.2. The average Bonchev–Trinajstić information content (AvgIpc) is 2.99. The minimum Gasteiger partial charge on any atom is -0.468 e. The van der Waals surface area contributed by atoms with Crippen molar-refractivity contribution in [3.05, 3.63) is 67.3 Å². The molecule has 0 amide bonds. The number of halogens is 2. The molecule has 22 heavy (non-hydrogen) atoms. The van der Waals surface area contributed by atoms with Crippen LogP contribution in [0.25, 0.3) is 11.0 Å².